The predicted molar refractivity (Wildman–Crippen MR) is 182 cm³/mol. The Kier molecular flexibility index (Phi) is 26.5. The minimum atomic E-state index is -0.690. The van der Waals surface area contributed by atoms with Crippen LogP contribution in [0.25, 0.3) is 0 Å². The molecule has 1 aliphatic heterocycles. The lowest BCUT2D eigenvalue weighted by Gasteiger charge is -2.32. The highest BCUT2D eigenvalue weighted by molar-refractivity contribution is 5.77. The summed E-state index contributed by atoms with van der Waals surface area (Å²) in [5.74, 6) is -0.561. The second-order valence-corrected chi connectivity index (χ2v) is 12.7. The van der Waals surface area contributed by atoms with E-state index in [0.29, 0.717) is 84.5 Å². The van der Waals surface area contributed by atoms with Crippen molar-refractivity contribution < 1.29 is 38.6 Å². The standard InChI is InChI=1S/C35H64N4O8/c1-30(40)29-47-28-27-46-26-23-37-35(45)38-31-20-24-39(25-21-31)33(42)18-16-22-36-32(41)17-14-12-10-8-6-4-2-3-5-7-9-11-13-15-19-34(43)44/h31H,2-29H2,1H3,(H,36,41)(H,43,44)(H2,37,38,45). The van der Waals surface area contributed by atoms with E-state index in [2.05, 4.69) is 16.0 Å². The van der Waals surface area contributed by atoms with Crippen LogP contribution in [0.4, 0.5) is 4.79 Å². The van der Waals surface area contributed by atoms with Crippen molar-refractivity contribution in [3.63, 3.8) is 0 Å². The Morgan fingerprint density at radius 2 is 1.17 bits per heavy atom. The molecular formula is C35H64N4O8. The minimum Gasteiger partial charge on any atom is -0.481 e. The second-order valence-electron chi connectivity index (χ2n) is 12.7. The first-order valence-corrected chi connectivity index (χ1v) is 18.2. The Morgan fingerprint density at radius 3 is 1.72 bits per heavy atom. The maximum absolute atomic E-state index is 12.6. The smallest absolute Gasteiger partial charge is 0.315 e. The highest BCUT2D eigenvalue weighted by Gasteiger charge is 2.23. The lowest BCUT2D eigenvalue weighted by atomic mass is 10.0. The number of nitrogens with one attached hydrogen (secondary N) is 3. The van der Waals surface area contributed by atoms with E-state index in [1.54, 1.807) is 0 Å². The van der Waals surface area contributed by atoms with Gasteiger partial charge >= 0.3 is 12.0 Å². The van der Waals surface area contributed by atoms with Gasteiger partial charge in [0.25, 0.3) is 0 Å². The second kappa shape index (κ2) is 29.4. The SMILES string of the molecule is CC(=O)COCCOCCNC(=O)NC1CCN(C(=O)CCCNC(=O)CCCCCCCCCCCCCCCCC(=O)O)CC1. The normalized spacial score (nSPS) is 13.3. The number of piperidine rings is 1. The van der Waals surface area contributed by atoms with Crippen LogP contribution in [-0.4, -0.2) is 98.3 Å². The summed E-state index contributed by atoms with van der Waals surface area (Å²) in [7, 11) is 0. The number of hydrogen-bond acceptors (Lipinski definition) is 7. The van der Waals surface area contributed by atoms with Crippen LogP contribution in [0.15, 0.2) is 0 Å². The summed E-state index contributed by atoms with van der Waals surface area (Å²) in [6, 6.07) is -0.227. The number of Topliss-reactive ketones (excluding diaryl/α,β-unsaturated/α-hetero) is 1. The first-order chi connectivity index (χ1) is 22.8. The van der Waals surface area contributed by atoms with Crippen LogP contribution in [0, 0.1) is 0 Å². The lowest BCUT2D eigenvalue weighted by molar-refractivity contribution is -0.137. The van der Waals surface area contributed by atoms with Gasteiger partial charge in [-0.25, -0.2) is 4.79 Å². The fourth-order valence-electron chi connectivity index (χ4n) is 5.58. The van der Waals surface area contributed by atoms with Crippen LogP contribution >= 0.6 is 0 Å². The largest absolute Gasteiger partial charge is 0.481 e. The van der Waals surface area contributed by atoms with Gasteiger partial charge in [-0.15, -0.1) is 0 Å². The number of carbonyl (C=O) groups is 5. The molecule has 1 aliphatic rings. The summed E-state index contributed by atoms with van der Waals surface area (Å²) < 4.78 is 10.5. The first-order valence-electron chi connectivity index (χ1n) is 18.2. The van der Waals surface area contributed by atoms with Gasteiger partial charge in [0.05, 0.1) is 19.8 Å². The topological polar surface area (TPSA) is 163 Å². The van der Waals surface area contributed by atoms with Crippen molar-refractivity contribution in [2.75, 3.05) is 52.6 Å². The zero-order valence-electron chi connectivity index (χ0n) is 29.1. The van der Waals surface area contributed by atoms with E-state index >= 15 is 0 Å². The summed E-state index contributed by atoms with van der Waals surface area (Å²) >= 11 is 0. The molecule has 0 saturated carbocycles. The molecule has 0 atom stereocenters. The van der Waals surface area contributed by atoms with Gasteiger partial charge < -0.3 is 35.4 Å². The van der Waals surface area contributed by atoms with E-state index in [4.69, 9.17) is 14.6 Å². The fraction of sp³-hybridized carbons (Fsp3) is 0.857. The third kappa shape index (κ3) is 27.0. The summed E-state index contributed by atoms with van der Waals surface area (Å²) in [6.45, 7) is 4.71. The number of ether oxygens (including phenoxy) is 2. The molecule has 12 heteroatoms. The number of aliphatic carboxylic acids is 1. The molecule has 4 amide bonds. The first kappa shape index (κ1) is 42.3. The van der Waals surface area contributed by atoms with E-state index in [1.165, 1.54) is 64.7 Å². The zero-order valence-corrected chi connectivity index (χ0v) is 29.1. The van der Waals surface area contributed by atoms with Crippen LogP contribution in [-0.2, 0) is 28.7 Å². The number of carboxylic acid groups (broad SMARTS) is 1. The van der Waals surface area contributed by atoms with Gasteiger partial charge in [0.2, 0.25) is 11.8 Å². The van der Waals surface area contributed by atoms with Gasteiger partial charge in [0, 0.05) is 51.5 Å². The average Bonchev–Trinajstić information content (AvgIpc) is 3.04. The van der Waals surface area contributed by atoms with Crippen molar-refractivity contribution in [3.05, 3.63) is 0 Å². The molecule has 1 saturated heterocycles. The number of nitrogens with zero attached hydrogens (tertiary/aromatic N) is 1. The van der Waals surface area contributed by atoms with Crippen molar-refractivity contribution in [1.82, 2.24) is 20.9 Å². The third-order valence-electron chi connectivity index (χ3n) is 8.33. The zero-order chi connectivity index (χ0) is 34.4. The van der Waals surface area contributed by atoms with Crippen molar-refractivity contribution in [2.45, 2.75) is 141 Å². The number of carboxylic acids is 1. The predicted octanol–water partition coefficient (Wildman–Crippen LogP) is 5.12. The molecule has 47 heavy (non-hydrogen) atoms. The molecule has 4 N–H and O–H groups in total. The van der Waals surface area contributed by atoms with Gasteiger partial charge in [0.1, 0.15) is 6.61 Å². The maximum atomic E-state index is 12.6. The Hall–Kier alpha value is -2.73. The quantitative estimate of drug-likeness (QED) is 0.0767. The van der Waals surface area contributed by atoms with E-state index in [9.17, 15) is 24.0 Å². The van der Waals surface area contributed by atoms with E-state index in [-0.39, 0.29) is 36.3 Å². The van der Waals surface area contributed by atoms with Crippen LogP contribution < -0.4 is 16.0 Å². The molecule has 0 spiro atoms. The number of urea groups is 1. The van der Waals surface area contributed by atoms with E-state index in [0.717, 1.165) is 32.1 Å². The van der Waals surface area contributed by atoms with Gasteiger partial charge in [0.15, 0.2) is 5.78 Å². The summed E-state index contributed by atoms with van der Waals surface area (Å²) in [5.41, 5.74) is 0. The molecule has 0 aromatic heterocycles. The van der Waals surface area contributed by atoms with Crippen molar-refractivity contribution in [2.24, 2.45) is 0 Å². The molecule has 1 rings (SSSR count). The Balaban J connectivity index is 1.88. The molecule has 1 heterocycles. The van der Waals surface area contributed by atoms with Crippen molar-refractivity contribution >= 4 is 29.6 Å². The number of rotatable bonds is 30. The fourth-order valence-corrected chi connectivity index (χ4v) is 5.58. The molecule has 0 aromatic carbocycles. The minimum absolute atomic E-state index is 0.0233. The summed E-state index contributed by atoms with van der Waals surface area (Å²) in [6.07, 6.45) is 19.5. The number of hydrogen-bond donors (Lipinski definition) is 4. The number of amides is 4. The molecular weight excluding hydrogens is 604 g/mol. The monoisotopic (exact) mass is 668 g/mol. The molecule has 0 aliphatic carbocycles. The Morgan fingerprint density at radius 1 is 0.638 bits per heavy atom. The molecule has 0 aromatic rings. The number of carbonyl (C=O) groups excluding carboxylic acids is 4. The van der Waals surface area contributed by atoms with Crippen LogP contribution in [0.5, 0.6) is 0 Å². The average molecular weight is 669 g/mol. The van der Waals surface area contributed by atoms with Gasteiger partial charge in [-0.05, 0) is 39.0 Å². The Labute approximate surface area is 282 Å². The lowest BCUT2D eigenvalue weighted by Crippen LogP contribution is -2.49. The van der Waals surface area contributed by atoms with Gasteiger partial charge in [-0.1, -0.05) is 77.0 Å². The van der Waals surface area contributed by atoms with Crippen molar-refractivity contribution in [3.8, 4) is 0 Å². The van der Waals surface area contributed by atoms with Crippen molar-refractivity contribution in [1.29, 1.82) is 0 Å². The maximum Gasteiger partial charge on any atom is 0.315 e. The molecule has 0 radical (unpaired) electrons. The number of likely N-dealkylation sites (tertiary alicyclic amines) is 1. The number of ketones is 1. The van der Waals surface area contributed by atoms with E-state index < -0.39 is 5.97 Å². The molecule has 0 bridgehead atoms. The molecule has 1 fully saturated rings. The number of unbranched alkanes of at least 4 members (excludes halogenated alkanes) is 13. The van der Waals surface area contributed by atoms with Gasteiger partial charge in [-0.2, -0.15) is 0 Å². The van der Waals surface area contributed by atoms with Crippen LogP contribution in [0.1, 0.15) is 135 Å². The summed E-state index contributed by atoms with van der Waals surface area (Å²) in [5, 5.41) is 17.3. The molecule has 12 nitrogen and oxygen atoms in total. The van der Waals surface area contributed by atoms with Gasteiger partial charge in [-0.3, -0.25) is 19.2 Å². The molecule has 0 unspecified atom stereocenters. The highest BCUT2D eigenvalue weighted by Crippen LogP contribution is 2.14. The summed E-state index contributed by atoms with van der Waals surface area (Å²) in [4.78, 5) is 59.9. The van der Waals surface area contributed by atoms with Crippen LogP contribution in [0.2, 0.25) is 0 Å². The van der Waals surface area contributed by atoms with Crippen LogP contribution in [0.3, 0.4) is 0 Å². The van der Waals surface area contributed by atoms with E-state index in [1.807, 2.05) is 4.90 Å². The Bertz CT molecular complexity index is 865. The molecule has 272 valence electrons. The highest BCUT2D eigenvalue weighted by atomic mass is 16.5. The third-order valence-corrected chi connectivity index (χ3v) is 8.33.